The maximum Gasteiger partial charge on any atom is 0.534 e. The first-order chi connectivity index (χ1) is 15.2. The molecule has 0 saturated carbocycles. The Morgan fingerprint density at radius 1 is 1.03 bits per heavy atom. The third-order valence-electron chi connectivity index (χ3n) is 4.44. The van der Waals surface area contributed by atoms with Crippen molar-refractivity contribution in [3.05, 3.63) is 12.1 Å². The summed E-state index contributed by atoms with van der Waals surface area (Å²) < 4.78 is 137. The monoisotopic (exact) mass is 543 g/mol. The maximum absolute atomic E-state index is 13.8. The van der Waals surface area contributed by atoms with Gasteiger partial charge in [-0.1, -0.05) is 0 Å². The summed E-state index contributed by atoms with van der Waals surface area (Å²) >= 11 is 0. The smallest absolute Gasteiger partial charge is 0.472 e. The number of rotatable bonds is 6. The summed E-state index contributed by atoms with van der Waals surface area (Å²) in [6.45, 7) is 3.91. The number of hydrogen-bond acceptors (Lipinski definition) is 8. The van der Waals surface area contributed by atoms with Crippen LogP contribution in [0.4, 0.5) is 32.2 Å². The first-order valence-electron chi connectivity index (χ1n) is 9.69. The van der Waals surface area contributed by atoms with E-state index in [0.29, 0.717) is 21.3 Å². The van der Waals surface area contributed by atoms with Gasteiger partial charge in [-0.2, -0.15) is 44.0 Å². The van der Waals surface area contributed by atoms with Gasteiger partial charge in [0.25, 0.3) is 0 Å². The largest absolute Gasteiger partial charge is 0.534 e. The highest BCUT2D eigenvalue weighted by Crippen LogP contribution is 2.36. The number of nitrogens with zero attached hydrogens (tertiary/aromatic N) is 3. The molecule has 17 heteroatoms. The number of halogens is 6. The van der Waals surface area contributed by atoms with Gasteiger partial charge >= 0.3 is 21.8 Å². The number of anilines is 1. The van der Waals surface area contributed by atoms with Crippen molar-refractivity contribution < 1.29 is 52.1 Å². The molecular weight excluding hydrogens is 520 g/mol. The van der Waals surface area contributed by atoms with Crippen LogP contribution in [0.15, 0.2) is 12.1 Å². The number of piperazine rings is 1. The fourth-order valence-corrected chi connectivity index (χ4v) is 4.49. The second kappa shape index (κ2) is 9.22. The van der Waals surface area contributed by atoms with Crippen LogP contribution in [0.5, 0.6) is 11.6 Å². The molecule has 0 radical (unpaired) electrons. The topological polar surface area (TPSA) is 106 Å². The Labute approximate surface area is 192 Å². The Morgan fingerprint density at radius 2 is 1.62 bits per heavy atom. The summed E-state index contributed by atoms with van der Waals surface area (Å²) in [5.41, 5.74) is -6.81. The lowest BCUT2D eigenvalue weighted by atomic mass is 10.1. The molecule has 34 heavy (non-hydrogen) atoms. The van der Waals surface area contributed by atoms with Crippen molar-refractivity contribution in [1.82, 2.24) is 9.29 Å². The second-order valence-electron chi connectivity index (χ2n) is 8.21. The van der Waals surface area contributed by atoms with E-state index in [9.17, 15) is 43.2 Å². The zero-order valence-electron chi connectivity index (χ0n) is 18.4. The average Bonchev–Trinajstić information content (AvgIpc) is 2.64. The highest BCUT2D eigenvalue weighted by Gasteiger charge is 2.50. The van der Waals surface area contributed by atoms with Crippen LogP contribution >= 0.6 is 0 Å². The average molecular weight is 544 g/mol. The minimum absolute atomic E-state index is 0.369. The summed E-state index contributed by atoms with van der Waals surface area (Å²) in [7, 11) is -10.1. The van der Waals surface area contributed by atoms with E-state index in [2.05, 4.69) is 9.17 Å². The van der Waals surface area contributed by atoms with E-state index >= 15 is 0 Å². The fourth-order valence-electron chi connectivity index (χ4n) is 2.95. The van der Waals surface area contributed by atoms with Crippen LogP contribution in [0.3, 0.4) is 0 Å². The molecule has 1 fully saturated rings. The molecule has 0 aromatic carbocycles. The van der Waals surface area contributed by atoms with E-state index in [1.54, 1.807) is 0 Å². The zero-order chi connectivity index (χ0) is 26.3. The second-order valence-corrected chi connectivity index (χ2v) is 12.0. The molecule has 0 N–H and O–H groups in total. The summed E-state index contributed by atoms with van der Waals surface area (Å²) in [5.74, 6) is -2.52. The Hall–Kier alpha value is -2.01. The standard InChI is InChI=1S/C17H23F6N3O6S2/c1-5-33(27,28)25-6-7-26(12(10-25)16(18,19)20)13-8-11(32-34(29,30)17(21,22)23)9-14(24-13)31-15(2,3)4/h8-9,12H,5-7,10H2,1-4H3. The van der Waals surface area contributed by atoms with Crippen LogP contribution in [-0.4, -0.2) is 74.8 Å². The van der Waals surface area contributed by atoms with E-state index in [1.165, 1.54) is 27.7 Å². The highest BCUT2D eigenvalue weighted by molar-refractivity contribution is 7.89. The predicted octanol–water partition coefficient (Wildman–Crippen LogP) is 2.89. The summed E-state index contributed by atoms with van der Waals surface area (Å²) in [6.07, 6.45) is -4.97. The number of aromatic nitrogens is 1. The molecule has 0 spiro atoms. The lowest BCUT2D eigenvalue weighted by Crippen LogP contribution is -2.60. The molecule has 0 amide bonds. The van der Waals surface area contributed by atoms with Gasteiger partial charge in [-0.25, -0.2) is 8.42 Å². The van der Waals surface area contributed by atoms with Crippen molar-refractivity contribution >= 4 is 26.0 Å². The maximum atomic E-state index is 13.8. The van der Waals surface area contributed by atoms with Gasteiger partial charge in [0.1, 0.15) is 17.5 Å². The van der Waals surface area contributed by atoms with Gasteiger partial charge in [-0.15, -0.1) is 0 Å². The van der Waals surface area contributed by atoms with Crippen LogP contribution in [0.1, 0.15) is 27.7 Å². The third kappa shape index (κ3) is 6.78. The minimum Gasteiger partial charge on any atom is -0.472 e. The summed E-state index contributed by atoms with van der Waals surface area (Å²) in [4.78, 5) is 4.50. The SMILES string of the molecule is CCS(=O)(=O)N1CCN(c2cc(OS(=O)(=O)C(F)(F)F)cc(OC(C)(C)C)n2)C(C(F)(F)F)C1. The van der Waals surface area contributed by atoms with Gasteiger partial charge in [0.2, 0.25) is 15.9 Å². The number of ether oxygens (including phenoxy) is 1. The van der Waals surface area contributed by atoms with E-state index in [4.69, 9.17) is 4.74 Å². The first-order valence-corrected chi connectivity index (χ1v) is 12.7. The molecule has 196 valence electrons. The van der Waals surface area contributed by atoms with Crippen LogP contribution in [0.2, 0.25) is 0 Å². The van der Waals surface area contributed by atoms with E-state index in [-0.39, 0.29) is 6.54 Å². The van der Waals surface area contributed by atoms with Crippen molar-refractivity contribution in [3.8, 4) is 11.6 Å². The molecule has 1 aromatic heterocycles. The van der Waals surface area contributed by atoms with Gasteiger partial charge < -0.3 is 13.8 Å². The summed E-state index contributed by atoms with van der Waals surface area (Å²) in [6, 6.07) is -1.15. The molecule has 0 bridgehead atoms. The molecule has 2 heterocycles. The predicted molar refractivity (Wildman–Crippen MR) is 108 cm³/mol. The molecular formula is C17H23F6N3O6S2. The Morgan fingerprint density at radius 3 is 2.09 bits per heavy atom. The normalized spacial score (nSPS) is 19.2. The first kappa shape index (κ1) is 28.2. The molecule has 1 unspecified atom stereocenters. The number of pyridine rings is 1. The molecule has 0 aliphatic carbocycles. The van der Waals surface area contributed by atoms with Crippen LogP contribution in [-0.2, 0) is 20.1 Å². The van der Waals surface area contributed by atoms with Crippen LogP contribution in [0, 0.1) is 0 Å². The molecule has 1 aromatic rings. The van der Waals surface area contributed by atoms with Crippen LogP contribution in [0.25, 0.3) is 0 Å². The van der Waals surface area contributed by atoms with Crippen LogP contribution < -0.4 is 13.8 Å². The van der Waals surface area contributed by atoms with E-state index in [1.807, 2.05) is 0 Å². The van der Waals surface area contributed by atoms with Crippen molar-refractivity contribution in [2.24, 2.45) is 0 Å². The Balaban J connectivity index is 2.57. The van der Waals surface area contributed by atoms with Gasteiger partial charge in [0, 0.05) is 31.8 Å². The Kier molecular flexibility index (Phi) is 7.65. The summed E-state index contributed by atoms with van der Waals surface area (Å²) in [5, 5.41) is 0. The molecule has 1 aliphatic heterocycles. The fraction of sp³-hybridized carbons (Fsp3) is 0.706. The van der Waals surface area contributed by atoms with Crippen molar-refractivity contribution in [2.75, 3.05) is 30.3 Å². The van der Waals surface area contributed by atoms with Gasteiger partial charge in [0.05, 0.1) is 5.75 Å². The van der Waals surface area contributed by atoms with Crippen molar-refractivity contribution in [2.45, 2.75) is 51.0 Å². The highest BCUT2D eigenvalue weighted by atomic mass is 32.2. The van der Waals surface area contributed by atoms with E-state index < -0.39 is 79.8 Å². The molecule has 2 rings (SSSR count). The molecule has 1 saturated heterocycles. The molecule has 1 atom stereocenters. The Bertz CT molecular complexity index is 1100. The van der Waals surface area contributed by atoms with E-state index in [0.717, 1.165) is 0 Å². The quantitative estimate of drug-likeness (QED) is 0.307. The lowest BCUT2D eigenvalue weighted by Gasteiger charge is -2.42. The van der Waals surface area contributed by atoms with Crippen molar-refractivity contribution in [3.63, 3.8) is 0 Å². The number of hydrogen-bond donors (Lipinski definition) is 0. The number of alkyl halides is 6. The van der Waals surface area contributed by atoms with Crippen molar-refractivity contribution in [1.29, 1.82) is 0 Å². The lowest BCUT2D eigenvalue weighted by molar-refractivity contribution is -0.153. The van der Waals surface area contributed by atoms with Gasteiger partial charge in [0.15, 0.2) is 5.75 Å². The molecule has 9 nitrogen and oxygen atoms in total. The minimum atomic E-state index is -6.14. The third-order valence-corrected chi connectivity index (χ3v) is 7.26. The zero-order valence-corrected chi connectivity index (χ0v) is 20.1. The molecule has 1 aliphatic rings. The van der Waals surface area contributed by atoms with Gasteiger partial charge in [-0.3, -0.25) is 0 Å². The number of sulfonamides is 1. The van der Waals surface area contributed by atoms with Gasteiger partial charge in [-0.05, 0) is 27.7 Å².